The molecular weight excluding hydrogens is 1070 g/mol. The minimum Gasteiger partial charge on any atom is -0.394 e. The molecule has 0 saturated carbocycles. The molecule has 0 spiro atoms. The van der Waals surface area contributed by atoms with E-state index >= 15 is 0 Å². The summed E-state index contributed by atoms with van der Waals surface area (Å²) in [5.41, 5.74) is 0. The number of ether oxygens (including phenoxy) is 4. The normalized spacial score (nSPS) is 23.6. The van der Waals surface area contributed by atoms with E-state index in [9.17, 15) is 45.6 Å². The summed E-state index contributed by atoms with van der Waals surface area (Å²) in [6, 6.07) is -0.913. The number of allylic oxidation sites excluding steroid dienone is 3. The molecule has 502 valence electrons. The molecule has 1 amide bonds. The van der Waals surface area contributed by atoms with E-state index in [1.54, 1.807) is 6.08 Å². The fraction of sp³-hybridized carbons (Fsp3) is 0.930. The number of aliphatic hydroxyl groups is 8. The molecule has 2 aliphatic rings. The molecule has 0 aromatic heterocycles. The monoisotopic (exact) mass is 1210 g/mol. The zero-order valence-corrected chi connectivity index (χ0v) is 54.6. The number of hydrogen-bond donors (Lipinski definition) is 9. The van der Waals surface area contributed by atoms with Crippen molar-refractivity contribution in [1.82, 2.24) is 5.32 Å². The first kappa shape index (κ1) is 79.6. The molecule has 2 rings (SSSR count). The maximum absolute atomic E-state index is 13.3. The summed E-state index contributed by atoms with van der Waals surface area (Å²) in [5.74, 6) is -0.232. The van der Waals surface area contributed by atoms with Gasteiger partial charge in [0.15, 0.2) is 12.6 Å². The number of carbonyl (C=O) groups is 1. The highest BCUT2D eigenvalue weighted by Gasteiger charge is 2.51. The van der Waals surface area contributed by atoms with Gasteiger partial charge in [-0.15, -0.1) is 0 Å². The Labute approximate surface area is 519 Å². The van der Waals surface area contributed by atoms with E-state index in [-0.39, 0.29) is 18.9 Å². The van der Waals surface area contributed by atoms with Crippen LogP contribution in [0.3, 0.4) is 0 Å². The Balaban J connectivity index is 1.64. The van der Waals surface area contributed by atoms with Gasteiger partial charge in [-0.05, 0) is 44.9 Å². The molecular formula is C71H135NO13. The zero-order chi connectivity index (χ0) is 61.6. The van der Waals surface area contributed by atoms with E-state index in [1.807, 2.05) is 6.08 Å². The van der Waals surface area contributed by atoms with E-state index in [4.69, 9.17) is 18.9 Å². The smallest absolute Gasteiger partial charge is 0.220 e. The van der Waals surface area contributed by atoms with Crippen LogP contribution in [0.25, 0.3) is 0 Å². The highest BCUT2D eigenvalue weighted by atomic mass is 16.7. The molecule has 2 heterocycles. The van der Waals surface area contributed by atoms with E-state index in [0.717, 1.165) is 38.5 Å². The summed E-state index contributed by atoms with van der Waals surface area (Å²) >= 11 is 0. The Morgan fingerprint density at radius 3 is 1.12 bits per heavy atom. The highest BCUT2D eigenvalue weighted by Crippen LogP contribution is 2.30. The van der Waals surface area contributed by atoms with Gasteiger partial charge in [0, 0.05) is 6.42 Å². The van der Waals surface area contributed by atoms with Crippen molar-refractivity contribution in [3.63, 3.8) is 0 Å². The maximum Gasteiger partial charge on any atom is 0.220 e. The Kier molecular flexibility index (Phi) is 52.8. The third kappa shape index (κ3) is 40.8. The van der Waals surface area contributed by atoms with Gasteiger partial charge in [-0.25, -0.2) is 0 Å². The quantitative estimate of drug-likeness (QED) is 0.0204. The first-order chi connectivity index (χ1) is 41.6. The third-order valence-electron chi connectivity index (χ3n) is 17.9. The molecule has 14 heteroatoms. The number of amides is 1. The van der Waals surface area contributed by atoms with Crippen molar-refractivity contribution in [1.29, 1.82) is 0 Å². The highest BCUT2D eigenvalue weighted by molar-refractivity contribution is 5.76. The molecule has 85 heavy (non-hydrogen) atoms. The number of rotatable bonds is 60. The fourth-order valence-corrected chi connectivity index (χ4v) is 12.1. The predicted octanol–water partition coefficient (Wildman–Crippen LogP) is 14.7. The van der Waals surface area contributed by atoms with E-state index < -0.39 is 86.8 Å². The van der Waals surface area contributed by atoms with Gasteiger partial charge in [0.05, 0.1) is 32.0 Å². The minimum absolute atomic E-state index is 0.232. The van der Waals surface area contributed by atoms with Crippen molar-refractivity contribution in [2.75, 3.05) is 19.8 Å². The topological polar surface area (TPSA) is 228 Å². The summed E-state index contributed by atoms with van der Waals surface area (Å²) in [6.07, 6.45) is 53.8. The molecule has 0 aromatic rings. The standard InChI is InChI=1S/C71H135NO13/c1-3-5-7-9-11-13-15-17-19-21-23-25-26-27-28-29-30-31-32-33-34-35-37-39-41-43-45-47-49-51-53-55-63(76)72-59(60(75)54-52-50-48-46-44-42-40-38-36-24-22-20-18-16-14-12-10-8-6-4-2)58-82-70-68(81)66(79)69(62(57-74)84-70)85-71-67(80)65(78)64(77)61(56-73)83-71/h21,23,52,54,59-62,64-71,73-75,77-81H,3-20,22,24-51,53,55-58H2,1-2H3,(H,72,76)/b23-21-,54-52+. The number of nitrogens with one attached hydrogen (secondary N) is 1. The predicted molar refractivity (Wildman–Crippen MR) is 346 cm³/mol. The van der Waals surface area contributed by atoms with Gasteiger partial charge in [0.25, 0.3) is 0 Å². The molecule has 0 bridgehead atoms. The molecule has 0 aromatic carbocycles. The summed E-state index contributed by atoms with van der Waals surface area (Å²) in [7, 11) is 0. The maximum atomic E-state index is 13.3. The molecule has 0 radical (unpaired) electrons. The molecule has 14 nitrogen and oxygen atoms in total. The van der Waals surface area contributed by atoms with Gasteiger partial charge >= 0.3 is 0 Å². The lowest BCUT2D eigenvalue weighted by molar-refractivity contribution is -0.359. The average molecular weight is 1210 g/mol. The van der Waals surface area contributed by atoms with Crippen LogP contribution in [0.15, 0.2) is 24.3 Å². The molecule has 9 N–H and O–H groups in total. The van der Waals surface area contributed by atoms with Crippen molar-refractivity contribution in [2.45, 2.75) is 402 Å². The second kappa shape index (κ2) is 56.5. The SMILES string of the molecule is CCCCCCCCCC/C=C\CCCCCCCCCCCCCCCCCCCCCC(=O)NC(COC1OC(CO)C(OC2OC(CO)C(O)C(O)C2O)C(O)C1O)C(O)/C=C/CCCCCCCCCCCCCCCCCCCC. The summed E-state index contributed by atoms with van der Waals surface area (Å²) < 4.78 is 22.9. The summed E-state index contributed by atoms with van der Waals surface area (Å²) in [4.78, 5) is 13.3. The van der Waals surface area contributed by atoms with Crippen LogP contribution in [-0.2, 0) is 23.7 Å². The second-order valence-corrected chi connectivity index (χ2v) is 25.7. The molecule has 12 unspecified atom stereocenters. The average Bonchev–Trinajstić information content (AvgIpc) is 3.68. The molecule has 2 fully saturated rings. The van der Waals surface area contributed by atoms with Gasteiger partial charge in [-0.3, -0.25) is 4.79 Å². The Morgan fingerprint density at radius 2 is 0.741 bits per heavy atom. The van der Waals surface area contributed by atoms with Crippen molar-refractivity contribution < 1.29 is 64.6 Å². The fourth-order valence-electron chi connectivity index (χ4n) is 12.1. The van der Waals surface area contributed by atoms with Crippen LogP contribution in [0.4, 0.5) is 0 Å². The lowest BCUT2D eigenvalue weighted by Crippen LogP contribution is -2.65. The van der Waals surface area contributed by atoms with E-state index in [1.165, 1.54) is 263 Å². The van der Waals surface area contributed by atoms with Gasteiger partial charge in [0.1, 0.15) is 48.8 Å². The van der Waals surface area contributed by atoms with E-state index in [0.29, 0.717) is 6.42 Å². The molecule has 2 saturated heterocycles. The Morgan fingerprint density at radius 1 is 0.412 bits per heavy atom. The Bertz CT molecular complexity index is 1520. The van der Waals surface area contributed by atoms with Gasteiger partial charge in [-0.1, -0.05) is 301 Å². The van der Waals surface area contributed by atoms with Crippen LogP contribution in [0.5, 0.6) is 0 Å². The summed E-state index contributed by atoms with van der Waals surface area (Å²) in [5, 5.41) is 87.4. The van der Waals surface area contributed by atoms with Crippen LogP contribution in [-0.4, -0.2) is 140 Å². The number of unbranched alkanes of at least 4 members (excludes halogenated alkanes) is 45. The first-order valence-corrected chi connectivity index (χ1v) is 36.1. The van der Waals surface area contributed by atoms with Crippen LogP contribution in [0.2, 0.25) is 0 Å². The van der Waals surface area contributed by atoms with Gasteiger partial charge in [0.2, 0.25) is 5.91 Å². The molecule has 12 atom stereocenters. The lowest BCUT2D eigenvalue weighted by atomic mass is 9.97. The third-order valence-corrected chi connectivity index (χ3v) is 17.9. The van der Waals surface area contributed by atoms with Gasteiger partial charge in [-0.2, -0.15) is 0 Å². The largest absolute Gasteiger partial charge is 0.394 e. The van der Waals surface area contributed by atoms with Crippen LogP contribution >= 0.6 is 0 Å². The number of hydrogen-bond acceptors (Lipinski definition) is 13. The first-order valence-electron chi connectivity index (χ1n) is 36.1. The van der Waals surface area contributed by atoms with Gasteiger partial charge < -0.3 is 65.1 Å². The van der Waals surface area contributed by atoms with Crippen molar-refractivity contribution in [3.05, 3.63) is 24.3 Å². The lowest BCUT2D eigenvalue weighted by Gasteiger charge is -2.46. The number of aliphatic hydroxyl groups excluding tert-OH is 8. The molecule has 0 aliphatic carbocycles. The zero-order valence-electron chi connectivity index (χ0n) is 54.6. The van der Waals surface area contributed by atoms with Crippen molar-refractivity contribution in [3.8, 4) is 0 Å². The minimum atomic E-state index is -1.79. The van der Waals surface area contributed by atoms with Crippen molar-refractivity contribution >= 4 is 5.91 Å². The molecule has 2 aliphatic heterocycles. The van der Waals surface area contributed by atoms with E-state index in [2.05, 4.69) is 31.3 Å². The van der Waals surface area contributed by atoms with Crippen LogP contribution < -0.4 is 5.32 Å². The van der Waals surface area contributed by atoms with Crippen molar-refractivity contribution in [2.24, 2.45) is 0 Å². The number of carbonyl (C=O) groups excluding carboxylic acids is 1. The Hall–Kier alpha value is -1.53. The summed E-state index contributed by atoms with van der Waals surface area (Å²) in [6.45, 7) is 2.85. The van der Waals surface area contributed by atoms with Crippen LogP contribution in [0.1, 0.15) is 328 Å². The van der Waals surface area contributed by atoms with Crippen LogP contribution in [0, 0.1) is 0 Å². The second-order valence-electron chi connectivity index (χ2n) is 25.7.